The van der Waals surface area contributed by atoms with Gasteiger partial charge >= 0.3 is 0 Å². The van der Waals surface area contributed by atoms with E-state index in [4.69, 9.17) is 0 Å². The van der Waals surface area contributed by atoms with Gasteiger partial charge in [-0.3, -0.25) is 14.7 Å². The van der Waals surface area contributed by atoms with Gasteiger partial charge in [-0.2, -0.15) is 0 Å². The van der Waals surface area contributed by atoms with Crippen LogP contribution in [0.25, 0.3) is 0 Å². The van der Waals surface area contributed by atoms with Crippen molar-refractivity contribution < 1.29 is 4.79 Å². The van der Waals surface area contributed by atoms with Crippen molar-refractivity contribution in [1.29, 1.82) is 0 Å². The lowest BCUT2D eigenvalue weighted by Crippen LogP contribution is -2.46. The zero-order chi connectivity index (χ0) is 17.1. The number of hydrogen-bond donors (Lipinski definition) is 3. The number of likely N-dealkylation sites (tertiary alicyclic amines) is 1. The summed E-state index contributed by atoms with van der Waals surface area (Å²) in [6, 6.07) is 0.927. The van der Waals surface area contributed by atoms with Crippen LogP contribution in [-0.2, 0) is 4.79 Å². The lowest BCUT2D eigenvalue weighted by atomic mass is 10.0. The van der Waals surface area contributed by atoms with Crippen LogP contribution < -0.4 is 16.0 Å². The molecular formula is C17H35N5O. The molecule has 1 fully saturated rings. The average Bonchev–Trinajstić information content (AvgIpc) is 2.53. The number of amides is 1. The van der Waals surface area contributed by atoms with E-state index in [2.05, 4.69) is 32.8 Å². The number of hydrogen-bond acceptors (Lipinski definition) is 3. The molecule has 1 aliphatic heterocycles. The Morgan fingerprint density at radius 3 is 2.65 bits per heavy atom. The zero-order valence-electron chi connectivity index (χ0n) is 15.3. The summed E-state index contributed by atoms with van der Waals surface area (Å²) in [5.41, 5.74) is 0. The van der Waals surface area contributed by atoms with Crippen molar-refractivity contribution in [1.82, 2.24) is 20.9 Å². The third-order valence-corrected chi connectivity index (χ3v) is 4.23. The lowest BCUT2D eigenvalue weighted by Gasteiger charge is -2.35. The first-order valence-electron chi connectivity index (χ1n) is 9.04. The van der Waals surface area contributed by atoms with Crippen molar-refractivity contribution in [2.45, 2.75) is 65.0 Å². The van der Waals surface area contributed by atoms with Gasteiger partial charge < -0.3 is 16.0 Å². The predicted molar refractivity (Wildman–Crippen MR) is 96.8 cm³/mol. The molecule has 6 nitrogen and oxygen atoms in total. The summed E-state index contributed by atoms with van der Waals surface area (Å²) in [6.45, 7) is 9.95. The second-order valence-corrected chi connectivity index (χ2v) is 6.49. The molecule has 0 aliphatic carbocycles. The molecule has 1 aliphatic rings. The molecule has 0 radical (unpaired) electrons. The molecule has 23 heavy (non-hydrogen) atoms. The van der Waals surface area contributed by atoms with Gasteiger partial charge in [0.1, 0.15) is 0 Å². The summed E-state index contributed by atoms with van der Waals surface area (Å²) in [7, 11) is 1.76. The highest BCUT2D eigenvalue weighted by atomic mass is 16.1. The second-order valence-electron chi connectivity index (χ2n) is 6.49. The first-order valence-corrected chi connectivity index (χ1v) is 9.04. The van der Waals surface area contributed by atoms with Gasteiger partial charge in [0.05, 0.1) is 0 Å². The minimum atomic E-state index is 0.0713. The fourth-order valence-corrected chi connectivity index (χ4v) is 3.04. The molecule has 0 spiro atoms. The van der Waals surface area contributed by atoms with Crippen LogP contribution in [0.4, 0.5) is 0 Å². The Morgan fingerprint density at radius 2 is 2.00 bits per heavy atom. The third kappa shape index (κ3) is 8.21. The number of rotatable bonds is 8. The first-order chi connectivity index (χ1) is 11.1. The quantitative estimate of drug-likeness (QED) is 0.465. The van der Waals surface area contributed by atoms with E-state index in [-0.39, 0.29) is 11.9 Å². The number of piperidine rings is 1. The van der Waals surface area contributed by atoms with Crippen molar-refractivity contribution in [2.24, 2.45) is 4.99 Å². The normalized spacial score (nSPS) is 19.7. The molecule has 1 saturated heterocycles. The van der Waals surface area contributed by atoms with Crippen LogP contribution >= 0.6 is 0 Å². The maximum atomic E-state index is 11.6. The van der Waals surface area contributed by atoms with E-state index >= 15 is 0 Å². The topological polar surface area (TPSA) is 68.8 Å². The number of guanidine groups is 1. The Hall–Kier alpha value is -1.30. The Labute approximate surface area is 141 Å². The van der Waals surface area contributed by atoms with Crippen molar-refractivity contribution in [3.8, 4) is 0 Å². The largest absolute Gasteiger partial charge is 0.356 e. The fourth-order valence-electron chi connectivity index (χ4n) is 3.04. The van der Waals surface area contributed by atoms with Crippen LogP contribution in [0.15, 0.2) is 4.99 Å². The first kappa shape index (κ1) is 19.7. The van der Waals surface area contributed by atoms with Gasteiger partial charge in [-0.15, -0.1) is 0 Å². The highest BCUT2D eigenvalue weighted by molar-refractivity contribution is 5.81. The van der Waals surface area contributed by atoms with E-state index in [1.165, 1.54) is 32.2 Å². The van der Waals surface area contributed by atoms with Crippen molar-refractivity contribution in [2.75, 3.05) is 33.2 Å². The van der Waals surface area contributed by atoms with Gasteiger partial charge in [0.2, 0.25) is 5.91 Å². The van der Waals surface area contributed by atoms with Crippen LogP contribution in [0.2, 0.25) is 0 Å². The third-order valence-electron chi connectivity index (χ3n) is 4.23. The molecule has 0 saturated carbocycles. The van der Waals surface area contributed by atoms with Gasteiger partial charge in [0.15, 0.2) is 5.96 Å². The van der Waals surface area contributed by atoms with Gasteiger partial charge in [-0.05, 0) is 39.7 Å². The predicted octanol–water partition coefficient (Wildman–Crippen LogP) is 1.33. The Kier molecular flexibility index (Phi) is 9.67. The molecule has 1 atom stereocenters. The minimum Gasteiger partial charge on any atom is -0.356 e. The van der Waals surface area contributed by atoms with Crippen molar-refractivity contribution >= 4 is 11.9 Å². The molecule has 0 bridgehead atoms. The Balaban J connectivity index is 2.20. The number of carbonyl (C=O) groups is 1. The van der Waals surface area contributed by atoms with Crippen LogP contribution in [-0.4, -0.2) is 62.1 Å². The number of aliphatic imine (C=N–C) groups is 1. The molecule has 1 amide bonds. The number of carbonyl (C=O) groups excluding carboxylic acids is 1. The molecule has 0 aromatic rings. The van der Waals surface area contributed by atoms with Crippen LogP contribution in [0.3, 0.4) is 0 Å². The molecule has 1 heterocycles. The van der Waals surface area contributed by atoms with E-state index < -0.39 is 0 Å². The van der Waals surface area contributed by atoms with Crippen LogP contribution in [0.1, 0.15) is 52.9 Å². The highest BCUT2D eigenvalue weighted by Crippen LogP contribution is 2.18. The number of nitrogens with zero attached hydrogens (tertiary/aromatic N) is 2. The maximum absolute atomic E-state index is 11.6. The summed E-state index contributed by atoms with van der Waals surface area (Å²) in [5.74, 6) is 0.842. The Morgan fingerprint density at radius 1 is 1.26 bits per heavy atom. The summed E-state index contributed by atoms with van der Waals surface area (Å²) >= 11 is 0. The summed E-state index contributed by atoms with van der Waals surface area (Å²) in [6.07, 6.45) is 5.70. The SMILES string of the molecule is CCC1CCCCN1CCNC(=NC)NCCC(=O)NC(C)C. The van der Waals surface area contributed by atoms with E-state index in [1.807, 2.05) is 13.8 Å². The minimum absolute atomic E-state index is 0.0713. The Bertz CT molecular complexity index is 370. The zero-order valence-corrected chi connectivity index (χ0v) is 15.3. The molecule has 1 rings (SSSR count). The summed E-state index contributed by atoms with van der Waals surface area (Å²) in [5, 5.41) is 9.42. The van der Waals surface area contributed by atoms with Gasteiger partial charge in [-0.1, -0.05) is 13.3 Å². The lowest BCUT2D eigenvalue weighted by molar-refractivity contribution is -0.121. The molecule has 0 aromatic carbocycles. The van der Waals surface area contributed by atoms with Crippen molar-refractivity contribution in [3.05, 3.63) is 0 Å². The van der Waals surface area contributed by atoms with Crippen molar-refractivity contribution in [3.63, 3.8) is 0 Å². The highest BCUT2D eigenvalue weighted by Gasteiger charge is 2.19. The van der Waals surface area contributed by atoms with Gasteiger partial charge in [-0.25, -0.2) is 0 Å². The summed E-state index contributed by atoms with van der Waals surface area (Å²) < 4.78 is 0. The van der Waals surface area contributed by atoms with Crippen LogP contribution in [0, 0.1) is 0 Å². The molecule has 1 unspecified atom stereocenters. The number of nitrogens with one attached hydrogen (secondary N) is 3. The molecular weight excluding hydrogens is 290 g/mol. The molecule has 6 heteroatoms. The van der Waals surface area contributed by atoms with E-state index in [9.17, 15) is 4.79 Å². The monoisotopic (exact) mass is 325 g/mol. The standard InChI is InChI=1S/C17H35N5O/c1-5-15-8-6-7-12-22(15)13-11-20-17(18-4)19-10-9-16(23)21-14(2)3/h14-15H,5-13H2,1-4H3,(H,21,23)(H2,18,19,20). The van der Waals surface area contributed by atoms with Crippen LogP contribution in [0.5, 0.6) is 0 Å². The van der Waals surface area contributed by atoms with E-state index in [0.29, 0.717) is 13.0 Å². The smallest absolute Gasteiger partial charge is 0.221 e. The molecule has 0 aromatic heterocycles. The maximum Gasteiger partial charge on any atom is 0.221 e. The van der Waals surface area contributed by atoms with E-state index in [1.54, 1.807) is 7.05 Å². The second kappa shape index (κ2) is 11.3. The summed E-state index contributed by atoms with van der Waals surface area (Å²) in [4.78, 5) is 18.4. The molecule has 3 N–H and O–H groups in total. The average molecular weight is 326 g/mol. The van der Waals surface area contributed by atoms with Gasteiger partial charge in [0, 0.05) is 45.2 Å². The van der Waals surface area contributed by atoms with Gasteiger partial charge in [0.25, 0.3) is 0 Å². The fraction of sp³-hybridized carbons (Fsp3) is 0.882. The molecule has 134 valence electrons. The van der Waals surface area contributed by atoms with E-state index in [0.717, 1.165) is 25.1 Å².